The van der Waals surface area contributed by atoms with Gasteiger partial charge in [-0.1, -0.05) is 12.1 Å². The zero-order valence-electron chi connectivity index (χ0n) is 8.93. The van der Waals surface area contributed by atoms with Crippen molar-refractivity contribution >= 4 is 17.3 Å². The van der Waals surface area contributed by atoms with Gasteiger partial charge in [-0.3, -0.25) is 10.1 Å². The highest BCUT2D eigenvalue weighted by Gasteiger charge is 2.29. The van der Waals surface area contributed by atoms with E-state index >= 15 is 0 Å². The monoisotopic (exact) mass is 239 g/mol. The Morgan fingerprint density at radius 3 is 2.50 bits per heavy atom. The minimum atomic E-state index is -0.377. The zero-order chi connectivity index (χ0) is 11.5. The maximum Gasteiger partial charge on any atom is 0.269 e. The first kappa shape index (κ1) is 11.4. The summed E-state index contributed by atoms with van der Waals surface area (Å²) in [4.78, 5) is 10.1. The van der Waals surface area contributed by atoms with Crippen LogP contribution in [0.5, 0.6) is 0 Å². The lowest BCUT2D eigenvalue weighted by molar-refractivity contribution is -0.384. The van der Waals surface area contributed by atoms with E-state index in [1.807, 2.05) is 12.1 Å². The zero-order valence-corrected chi connectivity index (χ0v) is 9.69. The summed E-state index contributed by atoms with van der Waals surface area (Å²) in [6.07, 6.45) is 4.38. The molecule has 0 N–H and O–H groups in total. The third-order valence-corrected chi connectivity index (χ3v) is 3.56. The Balaban J connectivity index is 1.86. The minimum absolute atomic E-state index is 0.147. The van der Waals surface area contributed by atoms with E-state index in [0.717, 1.165) is 18.4 Å². The molecule has 0 radical (unpaired) electrons. The fourth-order valence-corrected chi connectivity index (χ4v) is 2.14. The van der Waals surface area contributed by atoms with Gasteiger partial charge >= 0.3 is 0 Å². The van der Waals surface area contributed by atoms with E-state index in [2.05, 4.69) is 0 Å². The van der Waals surface area contributed by atoms with Crippen molar-refractivity contribution in [2.24, 2.45) is 5.92 Å². The fraction of sp³-hybridized carbons (Fsp3) is 0.500. The van der Waals surface area contributed by atoms with Crippen LogP contribution in [0.3, 0.4) is 0 Å². The van der Waals surface area contributed by atoms with Crippen LogP contribution in [-0.4, -0.2) is 10.3 Å². The number of aryl methyl sites for hydroxylation is 1. The third-order valence-electron chi connectivity index (χ3n) is 2.99. The molecule has 1 aromatic rings. The molecule has 3 nitrogen and oxygen atoms in total. The summed E-state index contributed by atoms with van der Waals surface area (Å²) in [5.41, 5.74) is 1.27. The van der Waals surface area contributed by atoms with Gasteiger partial charge in [0.2, 0.25) is 0 Å². The molecule has 0 bridgehead atoms. The van der Waals surface area contributed by atoms with Crippen LogP contribution < -0.4 is 0 Å². The molecule has 1 atom stereocenters. The van der Waals surface area contributed by atoms with E-state index in [-0.39, 0.29) is 16.0 Å². The van der Waals surface area contributed by atoms with Gasteiger partial charge in [-0.25, -0.2) is 0 Å². The number of nitrogens with zero attached hydrogens (tertiary/aromatic N) is 1. The van der Waals surface area contributed by atoms with E-state index < -0.39 is 0 Å². The standard InChI is InChI=1S/C12H14ClNO2/c13-12(10-4-5-10)8-3-9-1-6-11(7-2-9)14(15)16/h1-2,6-7,10,12H,3-5,8H2. The molecule has 1 aromatic carbocycles. The molecule has 1 aliphatic carbocycles. The average molecular weight is 240 g/mol. The second-order valence-corrected chi connectivity index (χ2v) is 4.88. The van der Waals surface area contributed by atoms with E-state index in [1.165, 1.54) is 12.8 Å². The van der Waals surface area contributed by atoms with Gasteiger partial charge in [-0.05, 0) is 37.2 Å². The van der Waals surface area contributed by atoms with Crippen LogP contribution >= 0.6 is 11.6 Å². The number of benzene rings is 1. The van der Waals surface area contributed by atoms with Crippen molar-refractivity contribution < 1.29 is 4.92 Å². The van der Waals surface area contributed by atoms with Crippen LogP contribution in [0.4, 0.5) is 5.69 Å². The van der Waals surface area contributed by atoms with Gasteiger partial charge < -0.3 is 0 Å². The van der Waals surface area contributed by atoms with Crippen molar-refractivity contribution in [3.05, 3.63) is 39.9 Å². The molecule has 0 amide bonds. The SMILES string of the molecule is O=[N+]([O-])c1ccc(CCC(Cl)C2CC2)cc1. The molecule has 0 spiro atoms. The normalized spacial score (nSPS) is 17.1. The predicted octanol–water partition coefficient (Wildman–Crippen LogP) is 3.54. The number of nitro benzene ring substituents is 1. The van der Waals surface area contributed by atoms with Crippen molar-refractivity contribution in [1.29, 1.82) is 0 Å². The summed E-state index contributed by atoms with van der Waals surface area (Å²) in [7, 11) is 0. The smallest absolute Gasteiger partial charge is 0.258 e. The molecular weight excluding hydrogens is 226 g/mol. The lowest BCUT2D eigenvalue weighted by Crippen LogP contribution is -2.02. The molecule has 2 rings (SSSR count). The van der Waals surface area contributed by atoms with Crippen LogP contribution in [0.2, 0.25) is 0 Å². The van der Waals surface area contributed by atoms with Crippen molar-refractivity contribution in [2.45, 2.75) is 31.1 Å². The molecule has 0 aromatic heterocycles. The minimum Gasteiger partial charge on any atom is -0.258 e. The van der Waals surface area contributed by atoms with Crippen LogP contribution in [-0.2, 0) is 6.42 Å². The van der Waals surface area contributed by atoms with Gasteiger partial charge in [0.1, 0.15) is 0 Å². The lowest BCUT2D eigenvalue weighted by Gasteiger charge is -2.07. The Hall–Kier alpha value is -1.09. The molecule has 4 heteroatoms. The van der Waals surface area contributed by atoms with E-state index in [9.17, 15) is 10.1 Å². The Morgan fingerprint density at radius 2 is 2.00 bits per heavy atom. The van der Waals surface area contributed by atoms with Crippen molar-refractivity contribution in [3.8, 4) is 0 Å². The van der Waals surface area contributed by atoms with Gasteiger partial charge in [-0.15, -0.1) is 11.6 Å². The number of non-ortho nitro benzene ring substituents is 1. The summed E-state index contributed by atoms with van der Waals surface area (Å²) in [6, 6.07) is 6.73. The third kappa shape index (κ3) is 2.95. The second-order valence-electron chi connectivity index (χ2n) is 4.32. The van der Waals surface area contributed by atoms with Crippen molar-refractivity contribution in [1.82, 2.24) is 0 Å². The van der Waals surface area contributed by atoms with Crippen molar-refractivity contribution in [3.63, 3.8) is 0 Å². The summed E-state index contributed by atoms with van der Waals surface area (Å²) in [5, 5.41) is 10.7. The highest BCUT2D eigenvalue weighted by molar-refractivity contribution is 6.20. The van der Waals surface area contributed by atoms with Gasteiger partial charge in [-0.2, -0.15) is 0 Å². The van der Waals surface area contributed by atoms with Gasteiger partial charge in [0.05, 0.1) is 4.92 Å². The topological polar surface area (TPSA) is 43.1 Å². The number of hydrogen-bond donors (Lipinski definition) is 0. The van der Waals surface area contributed by atoms with E-state index in [1.54, 1.807) is 12.1 Å². The largest absolute Gasteiger partial charge is 0.269 e. The van der Waals surface area contributed by atoms with Crippen LogP contribution in [0.1, 0.15) is 24.8 Å². The number of nitro groups is 1. The Morgan fingerprint density at radius 1 is 1.38 bits per heavy atom. The lowest BCUT2D eigenvalue weighted by atomic mass is 10.1. The van der Waals surface area contributed by atoms with Gasteiger partial charge in [0.25, 0.3) is 5.69 Å². The first-order chi connectivity index (χ1) is 7.66. The first-order valence-corrected chi connectivity index (χ1v) is 5.98. The molecule has 1 aliphatic rings. The molecular formula is C12H14ClNO2. The molecule has 0 saturated heterocycles. The molecule has 0 aliphatic heterocycles. The highest BCUT2D eigenvalue weighted by Crippen LogP contribution is 2.37. The van der Waals surface area contributed by atoms with Crippen molar-refractivity contribution in [2.75, 3.05) is 0 Å². The Bertz CT molecular complexity index is 373. The second kappa shape index (κ2) is 4.83. The van der Waals surface area contributed by atoms with E-state index in [4.69, 9.17) is 11.6 Å². The van der Waals surface area contributed by atoms with Gasteiger partial charge in [0.15, 0.2) is 0 Å². The molecule has 1 saturated carbocycles. The number of halogens is 1. The molecule has 0 heterocycles. The number of rotatable bonds is 5. The van der Waals surface area contributed by atoms with Crippen LogP contribution in [0.15, 0.2) is 24.3 Å². The maximum absolute atomic E-state index is 10.5. The fourth-order valence-electron chi connectivity index (χ4n) is 1.78. The highest BCUT2D eigenvalue weighted by atomic mass is 35.5. The summed E-state index contributed by atoms with van der Waals surface area (Å²) < 4.78 is 0. The first-order valence-electron chi connectivity index (χ1n) is 5.54. The Kier molecular flexibility index (Phi) is 3.44. The molecule has 1 fully saturated rings. The summed E-state index contributed by atoms with van der Waals surface area (Å²) in [5.74, 6) is 0.708. The quantitative estimate of drug-likeness (QED) is 0.448. The molecule has 1 unspecified atom stereocenters. The summed E-state index contributed by atoms with van der Waals surface area (Å²) >= 11 is 6.20. The number of hydrogen-bond acceptors (Lipinski definition) is 2. The number of alkyl halides is 1. The van der Waals surface area contributed by atoms with Gasteiger partial charge in [0, 0.05) is 17.5 Å². The van der Waals surface area contributed by atoms with Crippen LogP contribution in [0, 0.1) is 16.0 Å². The van der Waals surface area contributed by atoms with E-state index in [0.29, 0.717) is 5.92 Å². The predicted molar refractivity (Wildman–Crippen MR) is 63.8 cm³/mol. The molecule has 86 valence electrons. The average Bonchev–Trinajstić information content (AvgIpc) is 3.10. The van der Waals surface area contributed by atoms with Crippen LogP contribution in [0.25, 0.3) is 0 Å². The molecule has 16 heavy (non-hydrogen) atoms. The maximum atomic E-state index is 10.5. The summed E-state index contributed by atoms with van der Waals surface area (Å²) in [6.45, 7) is 0. The Labute approximate surface area is 99.6 Å².